The average molecular weight is 642 g/mol. The number of hydrogen-bond donors (Lipinski definition) is 0. The molecule has 4 aromatic rings. The molecule has 0 unspecified atom stereocenters. The summed E-state index contributed by atoms with van der Waals surface area (Å²) < 4.78 is 25.1. The van der Waals surface area contributed by atoms with E-state index in [1.165, 1.54) is 6.07 Å². The van der Waals surface area contributed by atoms with E-state index in [9.17, 15) is 14.4 Å². The Balaban J connectivity index is 1.68. The standard InChI is InChI=1S/C29H22Br2O7/c1-15-14-22(32)35-24-16(15)12-13-21-23(24)25(36-27(33)17-8-4-6-10-19(17)30)26(29(2,3)38-21)37-28(34)18-9-5-7-11-20(18)31/h4-14,25-26H,1-3H3/t25-,26-/m0/s1. The van der Waals surface area contributed by atoms with Crippen LogP contribution in [0.1, 0.15) is 51.8 Å². The molecular weight excluding hydrogens is 620 g/mol. The van der Waals surface area contributed by atoms with Crippen LogP contribution in [0, 0.1) is 6.92 Å². The predicted molar refractivity (Wildman–Crippen MR) is 148 cm³/mol. The van der Waals surface area contributed by atoms with E-state index >= 15 is 0 Å². The molecular formula is C29H22Br2O7. The Labute approximate surface area is 235 Å². The molecule has 2 atom stereocenters. The smallest absolute Gasteiger partial charge is 0.340 e. The van der Waals surface area contributed by atoms with Crippen molar-refractivity contribution >= 4 is 54.8 Å². The van der Waals surface area contributed by atoms with Gasteiger partial charge in [0, 0.05) is 20.4 Å². The van der Waals surface area contributed by atoms with Crippen LogP contribution < -0.4 is 10.4 Å². The number of carbonyl (C=O) groups excluding carboxylic acids is 2. The Morgan fingerprint density at radius 2 is 1.45 bits per heavy atom. The first-order chi connectivity index (χ1) is 18.1. The maximum atomic E-state index is 13.4. The molecule has 5 rings (SSSR count). The molecule has 9 heteroatoms. The Bertz CT molecular complexity index is 1640. The van der Waals surface area contributed by atoms with Gasteiger partial charge in [0.2, 0.25) is 0 Å². The Hall–Kier alpha value is -3.43. The number of benzene rings is 3. The predicted octanol–water partition coefficient (Wildman–Crippen LogP) is 6.92. The average Bonchev–Trinajstić information content (AvgIpc) is 2.85. The lowest BCUT2D eigenvalue weighted by molar-refractivity contribution is -0.123. The van der Waals surface area contributed by atoms with Gasteiger partial charge < -0.3 is 18.6 Å². The highest BCUT2D eigenvalue weighted by Crippen LogP contribution is 2.47. The van der Waals surface area contributed by atoms with E-state index in [4.69, 9.17) is 18.6 Å². The molecule has 1 aliphatic heterocycles. The van der Waals surface area contributed by atoms with Gasteiger partial charge in [-0.05, 0) is 94.6 Å². The van der Waals surface area contributed by atoms with Crippen LogP contribution in [0.5, 0.6) is 5.75 Å². The second-order valence-electron chi connectivity index (χ2n) is 9.42. The number of esters is 2. The molecule has 0 amide bonds. The minimum atomic E-state index is -1.16. The summed E-state index contributed by atoms with van der Waals surface area (Å²) in [5.41, 5.74) is 0.0909. The van der Waals surface area contributed by atoms with Crippen molar-refractivity contribution in [3.05, 3.63) is 108 Å². The third-order valence-corrected chi connectivity index (χ3v) is 7.77. The summed E-state index contributed by atoms with van der Waals surface area (Å²) in [5, 5.41) is 0.643. The molecule has 1 aromatic heterocycles. The van der Waals surface area contributed by atoms with Crippen LogP contribution in [0.2, 0.25) is 0 Å². The summed E-state index contributed by atoms with van der Waals surface area (Å²) in [6, 6.07) is 18.6. The van der Waals surface area contributed by atoms with Crippen molar-refractivity contribution in [3.8, 4) is 5.75 Å². The summed E-state index contributed by atoms with van der Waals surface area (Å²) in [5.74, 6) is -0.933. The topological polar surface area (TPSA) is 92.0 Å². The van der Waals surface area contributed by atoms with Gasteiger partial charge in [-0.25, -0.2) is 14.4 Å². The van der Waals surface area contributed by atoms with Crippen LogP contribution in [0.15, 0.2) is 84.9 Å². The van der Waals surface area contributed by atoms with Crippen LogP contribution >= 0.6 is 31.9 Å². The molecule has 0 fully saturated rings. The molecule has 1 aliphatic rings. The molecule has 7 nitrogen and oxygen atoms in total. The van der Waals surface area contributed by atoms with E-state index in [0.29, 0.717) is 36.8 Å². The van der Waals surface area contributed by atoms with Gasteiger partial charge >= 0.3 is 17.6 Å². The van der Waals surface area contributed by atoms with Crippen LogP contribution in [0.4, 0.5) is 0 Å². The normalized spacial score (nSPS) is 17.8. The first kappa shape index (κ1) is 26.2. The van der Waals surface area contributed by atoms with Gasteiger partial charge in [-0.15, -0.1) is 0 Å². The molecule has 0 aliphatic carbocycles. The summed E-state index contributed by atoms with van der Waals surface area (Å²) in [6.45, 7) is 5.26. The quantitative estimate of drug-likeness (QED) is 0.176. The molecule has 38 heavy (non-hydrogen) atoms. The zero-order chi connectivity index (χ0) is 27.2. The minimum absolute atomic E-state index is 0.204. The van der Waals surface area contributed by atoms with E-state index in [1.54, 1.807) is 81.4 Å². The Kier molecular flexibility index (Phi) is 6.92. The number of carbonyl (C=O) groups is 2. The van der Waals surface area contributed by atoms with E-state index < -0.39 is 35.4 Å². The molecule has 0 saturated carbocycles. The molecule has 3 aromatic carbocycles. The first-order valence-corrected chi connectivity index (χ1v) is 13.3. The van der Waals surface area contributed by atoms with Gasteiger partial charge in [0.1, 0.15) is 16.9 Å². The molecule has 0 saturated heterocycles. The molecule has 194 valence electrons. The van der Waals surface area contributed by atoms with Crippen molar-refractivity contribution < 1.29 is 28.2 Å². The van der Waals surface area contributed by atoms with E-state index in [2.05, 4.69) is 31.9 Å². The number of halogens is 2. The van der Waals surface area contributed by atoms with Gasteiger partial charge in [-0.1, -0.05) is 24.3 Å². The van der Waals surface area contributed by atoms with E-state index in [1.807, 2.05) is 0 Å². The fourth-order valence-electron chi connectivity index (χ4n) is 4.54. The molecule has 0 radical (unpaired) electrons. The molecule has 0 N–H and O–H groups in total. The first-order valence-electron chi connectivity index (χ1n) is 11.7. The van der Waals surface area contributed by atoms with Gasteiger partial charge in [0.25, 0.3) is 0 Å². The van der Waals surface area contributed by atoms with Crippen molar-refractivity contribution in [3.63, 3.8) is 0 Å². The fraction of sp³-hybridized carbons (Fsp3) is 0.207. The lowest BCUT2D eigenvalue weighted by atomic mass is 9.86. The number of ether oxygens (including phenoxy) is 3. The highest BCUT2D eigenvalue weighted by molar-refractivity contribution is 9.10. The van der Waals surface area contributed by atoms with Gasteiger partial charge in [0.15, 0.2) is 12.2 Å². The van der Waals surface area contributed by atoms with Crippen molar-refractivity contribution in [1.82, 2.24) is 0 Å². The highest BCUT2D eigenvalue weighted by Gasteiger charge is 2.50. The molecule has 0 bridgehead atoms. The van der Waals surface area contributed by atoms with Gasteiger partial charge in [0.05, 0.1) is 16.7 Å². The van der Waals surface area contributed by atoms with Gasteiger partial charge in [-0.3, -0.25) is 0 Å². The van der Waals surface area contributed by atoms with Crippen molar-refractivity contribution in [2.24, 2.45) is 0 Å². The van der Waals surface area contributed by atoms with Crippen molar-refractivity contribution in [1.29, 1.82) is 0 Å². The van der Waals surface area contributed by atoms with E-state index in [-0.39, 0.29) is 11.1 Å². The second-order valence-corrected chi connectivity index (χ2v) is 11.1. The highest BCUT2D eigenvalue weighted by atomic mass is 79.9. The summed E-state index contributed by atoms with van der Waals surface area (Å²) in [6.07, 6.45) is -2.26. The molecule has 0 spiro atoms. The van der Waals surface area contributed by atoms with Crippen molar-refractivity contribution in [2.45, 2.75) is 38.6 Å². The van der Waals surface area contributed by atoms with E-state index in [0.717, 1.165) is 0 Å². The second kappa shape index (κ2) is 10.0. The summed E-state index contributed by atoms with van der Waals surface area (Å²) in [7, 11) is 0. The summed E-state index contributed by atoms with van der Waals surface area (Å²) >= 11 is 6.78. The van der Waals surface area contributed by atoms with Crippen LogP contribution in [-0.2, 0) is 9.47 Å². The zero-order valence-electron chi connectivity index (χ0n) is 20.6. The summed E-state index contributed by atoms with van der Waals surface area (Å²) in [4.78, 5) is 39.2. The third-order valence-electron chi connectivity index (χ3n) is 6.39. The lowest BCUT2D eigenvalue weighted by Gasteiger charge is -2.43. The lowest BCUT2D eigenvalue weighted by Crippen LogP contribution is -2.52. The molecule has 2 heterocycles. The number of rotatable bonds is 4. The maximum absolute atomic E-state index is 13.4. The SMILES string of the molecule is Cc1cc(=O)oc2c3c(ccc12)OC(C)(C)[C@@H](OC(=O)c1ccccc1Br)[C@H]3OC(=O)c1ccccc1Br. The third kappa shape index (κ3) is 4.76. The fourth-order valence-corrected chi connectivity index (χ4v) is 5.43. The zero-order valence-corrected chi connectivity index (χ0v) is 23.8. The largest absolute Gasteiger partial charge is 0.483 e. The number of aryl methyl sites for hydroxylation is 1. The van der Waals surface area contributed by atoms with Crippen LogP contribution in [-0.4, -0.2) is 23.6 Å². The minimum Gasteiger partial charge on any atom is -0.483 e. The van der Waals surface area contributed by atoms with Crippen molar-refractivity contribution in [2.75, 3.05) is 0 Å². The Morgan fingerprint density at radius 1 is 0.868 bits per heavy atom. The number of hydrogen-bond acceptors (Lipinski definition) is 7. The van der Waals surface area contributed by atoms with Crippen LogP contribution in [0.25, 0.3) is 11.0 Å². The van der Waals surface area contributed by atoms with Crippen LogP contribution in [0.3, 0.4) is 0 Å². The Morgan fingerprint density at radius 3 is 2.05 bits per heavy atom. The number of fused-ring (bicyclic) bond motifs is 3. The van der Waals surface area contributed by atoms with Gasteiger partial charge in [-0.2, -0.15) is 0 Å². The monoisotopic (exact) mass is 640 g/mol. The maximum Gasteiger partial charge on any atom is 0.340 e.